The Morgan fingerprint density at radius 2 is 1.97 bits per heavy atom. The number of hydrogen-bond acceptors (Lipinski definition) is 7. The number of ether oxygens (including phenoxy) is 3. The van der Waals surface area contributed by atoms with E-state index in [1.54, 1.807) is 19.1 Å². The highest BCUT2D eigenvalue weighted by atomic mass is 35.5. The minimum atomic E-state index is -0.693. The van der Waals surface area contributed by atoms with Crippen molar-refractivity contribution in [3.05, 3.63) is 45.3 Å². The fourth-order valence-corrected chi connectivity index (χ4v) is 4.47. The Bertz CT molecular complexity index is 979. The van der Waals surface area contributed by atoms with Crippen molar-refractivity contribution in [1.82, 2.24) is 5.32 Å². The van der Waals surface area contributed by atoms with Gasteiger partial charge in [-0.05, 0) is 36.5 Å². The van der Waals surface area contributed by atoms with Crippen LogP contribution in [0.25, 0.3) is 0 Å². The first-order valence-electron chi connectivity index (χ1n) is 10.1. The molecule has 2 aliphatic rings. The number of phenols is 1. The van der Waals surface area contributed by atoms with Gasteiger partial charge >= 0.3 is 5.97 Å². The van der Waals surface area contributed by atoms with Crippen LogP contribution >= 0.6 is 11.6 Å². The van der Waals surface area contributed by atoms with Gasteiger partial charge in [0.25, 0.3) is 0 Å². The van der Waals surface area contributed by atoms with Gasteiger partial charge < -0.3 is 24.6 Å². The number of rotatable bonds is 6. The van der Waals surface area contributed by atoms with Crippen LogP contribution in [-0.2, 0) is 19.1 Å². The van der Waals surface area contributed by atoms with Crippen molar-refractivity contribution in [1.29, 1.82) is 0 Å². The zero-order valence-electron chi connectivity index (χ0n) is 18.4. The van der Waals surface area contributed by atoms with Gasteiger partial charge in [0.2, 0.25) is 0 Å². The summed E-state index contributed by atoms with van der Waals surface area (Å²) >= 11 is 6.24. The van der Waals surface area contributed by atoms with E-state index >= 15 is 0 Å². The lowest BCUT2D eigenvalue weighted by atomic mass is 9.68. The van der Waals surface area contributed by atoms with Gasteiger partial charge in [-0.25, -0.2) is 4.79 Å². The molecule has 3 rings (SSSR count). The molecule has 31 heavy (non-hydrogen) atoms. The highest BCUT2D eigenvalue weighted by Crippen LogP contribution is 2.48. The lowest BCUT2D eigenvalue weighted by Crippen LogP contribution is -2.38. The number of carbonyl (C=O) groups is 2. The number of allylic oxidation sites excluding steroid dienone is 3. The molecule has 0 bridgehead atoms. The second-order valence-corrected chi connectivity index (χ2v) is 9.02. The lowest BCUT2D eigenvalue weighted by molar-refractivity contribution is -0.140. The molecular weight excluding hydrogens is 422 g/mol. The summed E-state index contributed by atoms with van der Waals surface area (Å²) in [6.07, 6.45) is 1.02. The average molecular weight is 450 g/mol. The first kappa shape index (κ1) is 23.2. The van der Waals surface area contributed by atoms with E-state index in [2.05, 4.69) is 5.32 Å². The summed E-state index contributed by atoms with van der Waals surface area (Å²) < 4.78 is 15.6. The molecule has 0 fully saturated rings. The van der Waals surface area contributed by atoms with Crippen molar-refractivity contribution in [3.8, 4) is 11.5 Å². The molecule has 1 aromatic carbocycles. The van der Waals surface area contributed by atoms with Crippen LogP contribution in [0.1, 0.15) is 45.1 Å². The van der Waals surface area contributed by atoms with Crippen molar-refractivity contribution >= 4 is 23.4 Å². The maximum absolute atomic E-state index is 13.3. The van der Waals surface area contributed by atoms with Crippen LogP contribution in [0.15, 0.2) is 34.7 Å². The van der Waals surface area contributed by atoms with Crippen molar-refractivity contribution in [2.75, 3.05) is 27.4 Å². The number of benzene rings is 1. The van der Waals surface area contributed by atoms with Gasteiger partial charge in [0.15, 0.2) is 17.3 Å². The summed E-state index contributed by atoms with van der Waals surface area (Å²) in [5.41, 5.74) is 2.62. The van der Waals surface area contributed by atoms with Crippen molar-refractivity contribution in [3.63, 3.8) is 0 Å². The highest BCUT2D eigenvalue weighted by Gasteiger charge is 2.43. The molecule has 1 heterocycles. The van der Waals surface area contributed by atoms with Crippen molar-refractivity contribution < 1.29 is 28.9 Å². The summed E-state index contributed by atoms with van der Waals surface area (Å²) in [4.78, 5) is 26.3. The Morgan fingerprint density at radius 1 is 1.26 bits per heavy atom. The predicted molar refractivity (Wildman–Crippen MR) is 116 cm³/mol. The minimum absolute atomic E-state index is 0.0402. The molecule has 0 spiro atoms. The van der Waals surface area contributed by atoms with E-state index in [-0.39, 0.29) is 40.9 Å². The van der Waals surface area contributed by atoms with E-state index in [1.807, 2.05) is 13.8 Å². The molecular formula is C23H28ClNO6. The first-order chi connectivity index (χ1) is 14.6. The number of Topliss-reactive ketones (excluding diaryl/α,β-unsaturated/α-hetero) is 1. The van der Waals surface area contributed by atoms with Crippen LogP contribution in [0, 0.1) is 5.41 Å². The third-order valence-corrected chi connectivity index (χ3v) is 5.87. The van der Waals surface area contributed by atoms with Crippen molar-refractivity contribution in [2.45, 2.75) is 39.5 Å². The normalized spacial score (nSPS) is 20.3. The van der Waals surface area contributed by atoms with Gasteiger partial charge in [-0.2, -0.15) is 0 Å². The second-order valence-electron chi connectivity index (χ2n) is 8.61. The monoisotopic (exact) mass is 449 g/mol. The Hall–Kier alpha value is -2.51. The molecule has 0 unspecified atom stereocenters. The second kappa shape index (κ2) is 8.93. The summed E-state index contributed by atoms with van der Waals surface area (Å²) in [5.74, 6) is -1.31. The number of carbonyl (C=O) groups excluding carboxylic acids is 2. The zero-order valence-corrected chi connectivity index (χ0v) is 19.2. The van der Waals surface area contributed by atoms with Crippen LogP contribution in [0.3, 0.4) is 0 Å². The molecule has 2 N–H and O–H groups in total. The van der Waals surface area contributed by atoms with Crippen LogP contribution in [0.5, 0.6) is 11.5 Å². The summed E-state index contributed by atoms with van der Waals surface area (Å²) in [6.45, 7) is 6.22. The van der Waals surface area contributed by atoms with Gasteiger partial charge in [0.1, 0.15) is 6.61 Å². The zero-order chi connectivity index (χ0) is 22.9. The van der Waals surface area contributed by atoms with E-state index in [0.717, 1.165) is 5.70 Å². The van der Waals surface area contributed by atoms with Crippen LogP contribution < -0.4 is 10.1 Å². The number of esters is 1. The number of dihydropyridines is 1. The number of hydrogen-bond donors (Lipinski definition) is 2. The maximum Gasteiger partial charge on any atom is 0.336 e. The Balaban J connectivity index is 2.17. The fourth-order valence-electron chi connectivity index (χ4n) is 4.25. The molecule has 7 nitrogen and oxygen atoms in total. The quantitative estimate of drug-likeness (QED) is 0.503. The van der Waals surface area contributed by atoms with Crippen LogP contribution in [-0.4, -0.2) is 44.3 Å². The Kier molecular flexibility index (Phi) is 6.67. The number of nitrogens with one attached hydrogen (secondary N) is 1. The number of aromatic hydroxyl groups is 1. The molecule has 0 aromatic heterocycles. The van der Waals surface area contributed by atoms with E-state index in [0.29, 0.717) is 35.2 Å². The number of methoxy groups -OCH3 is 2. The molecule has 1 aromatic rings. The molecule has 1 aliphatic heterocycles. The van der Waals surface area contributed by atoms with Gasteiger partial charge in [-0.1, -0.05) is 25.4 Å². The van der Waals surface area contributed by atoms with E-state index in [1.165, 1.54) is 14.2 Å². The van der Waals surface area contributed by atoms with Gasteiger partial charge in [-0.3, -0.25) is 4.79 Å². The number of phenolic OH excluding ortho intramolecular Hbond substituents is 1. The molecule has 0 saturated carbocycles. The third-order valence-electron chi connectivity index (χ3n) is 5.58. The molecule has 168 valence electrons. The third kappa shape index (κ3) is 4.57. The number of ketones is 1. The van der Waals surface area contributed by atoms with Crippen LogP contribution in [0.2, 0.25) is 5.02 Å². The summed E-state index contributed by atoms with van der Waals surface area (Å²) in [6, 6.07) is 3.16. The molecule has 0 radical (unpaired) electrons. The van der Waals surface area contributed by atoms with E-state index in [4.69, 9.17) is 25.8 Å². The van der Waals surface area contributed by atoms with Crippen LogP contribution in [0.4, 0.5) is 0 Å². The van der Waals surface area contributed by atoms with Gasteiger partial charge in [0, 0.05) is 36.4 Å². The summed E-state index contributed by atoms with van der Waals surface area (Å²) in [5, 5.41) is 13.5. The summed E-state index contributed by atoms with van der Waals surface area (Å²) in [7, 11) is 2.94. The van der Waals surface area contributed by atoms with Gasteiger partial charge in [-0.15, -0.1) is 0 Å². The number of halogens is 1. The Labute approximate surface area is 187 Å². The minimum Gasteiger partial charge on any atom is -0.503 e. The topological polar surface area (TPSA) is 94.1 Å². The molecule has 8 heteroatoms. The fraction of sp³-hybridized carbons (Fsp3) is 0.478. The average Bonchev–Trinajstić information content (AvgIpc) is 2.68. The van der Waals surface area contributed by atoms with Crippen molar-refractivity contribution in [2.24, 2.45) is 5.41 Å². The van der Waals surface area contributed by atoms with E-state index in [9.17, 15) is 14.7 Å². The largest absolute Gasteiger partial charge is 0.503 e. The maximum atomic E-state index is 13.3. The predicted octanol–water partition coefficient (Wildman–Crippen LogP) is 3.85. The first-order valence-corrected chi connectivity index (χ1v) is 10.4. The standard InChI is InChI=1S/C23H28ClNO6/c1-12-18(22(28)31-7-6-29-4)19(13-8-14(24)21(27)17(9-13)30-5)20-15(25-12)10-23(2,3)11-16(20)26/h8-9,19,25,27H,6-7,10-11H2,1-5H3/t19-/m0/s1. The SMILES string of the molecule is COCCOC(=O)C1=C(C)NC2=C(C(=O)CC(C)(C)C2)[C@H]1c1cc(Cl)c(O)c(OC)c1. The highest BCUT2D eigenvalue weighted by molar-refractivity contribution is 6.32. The molecule has 0 amide bonds. The molecule has 1 aliphatic carbocycles. The smallest absolute Gasteiger partial charge is 0.336 e. The van der Waals surface area contributed by atoms with Gasteiger partial charge in [0.05, 0.1) is 24.3 Å². The molecule has 1 atom stereocenters. The lowest BCUT2D eigenvalue weighted by Gasteiger charge is -2.39. The molecule has 0 saturated heterocycles. The Morgan fingerprint density at radius 3 is 2.61 bits per heavy atom. The van der Waals surface area contributed by atoms with E-state index < -0.39 is 11.9 Å².